The minimum atomic E-state index is -0.885. The van der Waals surface area contributed by atoms with Crippen molar-refractivity contribution >= 4 is 17.4 Å². The Balaban J connectivity index is 1.95. The van der Waals surface area contributed by atoms with Crippen molar-refractivity contribution in [2.24, 2.45) is 5.92 Å². The Labute approximate surface area is 140 Å². The number of ketones is 1. The highest BCUT2D eigenvalue weighted by Crippen LogP contribution is 2.37. The third-order valence-corrected chi connectivity index (χ3v) is 4.34. The Bertz CT molecular complexity index is 740. The van der Waals surface area contributed by atoms with Crippen LogP contribution >= 0.6 is 0 Å². The normalized spacial score (nSPS) is 21.1. The first-order chi connectivity index (χ1) is 11.5. The van der Waals surface area contributed by atoms with E-state index in [1.54, 1.807) is 62.6 Å². The number of rotatable bonds is 5. The van der Waals surface area contributed by atoms with Gasteiger partial charge >= 0.3 is 0 Å². The number of aliphatic hydroxyl groups excluding tert-OH is 1. The maximum Gasteiger partial charge on any atom is 0.236 e. The smallest absolute Gasteiger partial charge is 0.236 e. The molecule has 5 heteroatoms. The van der Waals surface area contributed by atoms with Gasteiger partial charge in [-0.1, -0.05) is 30.3 Å². The van der Waals surface area contributed by atoms with Gasteiger partial charge in [0, 0.05) is 11.3 Å². The molecule has 0 spiro atoms. The first-order valence-corrected chi connectivity index (χ1v) is 7.79. The molecular weight excluding hydrogens is 306 g/mol. The highest BCUT2D eigenvalue weighted by Gasteiger charge is 2.54. The van der Waals surface area contributed by atoms with E-state index in [9.17, 15) is 14.7 Å². The quantitative estimate of drug-likeness (QED) is 0.676. The molecule has 124 valence electrons. The molecule has 2 aromatic rings. The molecule has 0 aromatic heterocycles. The van der Waals surface area contributed by atoms with Gasteiger partial charge in [0.25, 0.3) is 0 Å². The molecule has 0 bridgehead atoms. The summed E-state index contributed by atoms with van der Waals surface area (Å²) in [5.74, 6) is -0.467. The van der Waals surface area contributed by atoms with E-state index in [1.807, 2.05) is 6.07 Å². The lowest BCUT2D eigenvalue weighted by Gasteiger charge is -2.47. The summed E-state index contributed by atoms with van der Waals surface area (Å²) in [5.41, 5.74) is 1.14. The maximum absolute atomic E-state index is 12.9. The van der Waals surface area contributed by atoms with E-state index in [1.165, 1.54) is 4.90 Å². The number of amides is 1. The predicted octanol–water partition coefficient (Wildman–Crippen LogP) is 2.29. The molecule has 1 amide bonds. The zero-order valence-electron chi connectivity index (χ0n) is 13.5. The third kappa shape index (κ3) is 2.67. The van der Waals surface area contributed by atoms with Crippen LogP contribution in [0.1, 0.15) is 17.3 Å². The fourth-order valence-electron chi connectivity index (χ4n) is 3.07. The van der Waals surface area contributed by atoms with Crippen LogP contribution in [0.15, 0.2) is 54.6 Å². The summed E-state index contributed by atoms with van der Waals surface area (Å²) in [6, 6.07) is 15.1. The van der Waals surface area contributed by atoms with Gasteiger partial charge in [-0.05, 0) is 31.2 Å². The van der Waals surface area contributed by atoms with Crippen molar-refractivity contribution in [3.63, 3.8) is 0 Å². The minimum absolute atomic E-state index is 0.170. The zero-order chi connectivity index (χ0) is 17.3. The van der Waals surface area contributed by atoms with Crippen LogP contribution in [-0.2, 0) is 4.79 Å². The number of hydrogen-bond acceptors (Lipinski definition) is 4. The van der Waals surface area contributed by atoms with Gasteiger partial charge in [-0.25, -0.2) is 0 Å². The molecule has 0 saturated carbocycles. The average molecular weight is 325 g/mol. The number of hydrogen-bond donors (Lipinski definition) is 1. The van der Waals surface area contributed by atoms with Crippen LogP contribution in [0, 0.1) is 5.92 Å². The number of methoxy groups -OCH3 is 1. The largest absolute Gasteiger partial charge is 0.497 e. The number of nitrogens with zero attached hydrogens (tertiary/aromatic N) is 1. The molecule has 5 nitrogen and oxygen atoms in total. The van der Waals surface area contributed by atoms with Crippen LogP contribution < -0.4 is 9.64 Å². The van der Waals surface area contributed by atoms with Crippen LogP contribution in [0.4, 0.5) is 5.69 Å². The van der Waals surface area contributed by atoms with E-state index in [4.69, 9.17) is 4.74 Å². The zero-order valence-corrected chi connectivity index (χ0v) is 13.5. The third-order valence-electron chi connectivity index (χ3n) is 4.34. The average Bonchev–Trinajstić information content (AvgIpc) is 2.60. The van der Waals surface area contributed by atoms with Crippen LogP contribution in [0.25, 0.3) is 0 Å². The summed E-state index contributed by atoms with van der Waals surface area (Å²) in [6.45, 7) is 1.54. The van der Waals surface area contributed by atoms with E-state index in [-0.39, 0.29) is 11.7 Å². The summed E-state index contributed by atoms with van der Waals surface area (Å²) >= 11 is 0. The first-order valence-electron chi connectivity index (χ1n) is 7.79. The maximum atomic E-state index is 12.9. The molecule has 1 saturated heterocycles. The summed E-state index contributed by atoms with van der Waals surface area (Å²) in [5, 5.41) is 9.94. The number of benzene rings is 2. The van der Waals surface area contributed by atoms with E-state index < -0.39 is 18.1 Å². The van der Waals surface area contributed by atoms with Gasteiger partial charge in [-0.3, -0.25) is 9.59 Å². The number of ether oxygens (including phenoxy) is 1. The fourth-order valence-corrected chi connectivity index (χ4v) is 3.07. The predicted molar refractivity (Wildman–Crippen MR) is 90.2 cm³/mol. The van der Waals surface area contributed by atoms with Crippen LogP contribution in [-0.4, -0.2) is 36.1 Å². The van der Waals surface area contributed by atoms with Crippen LogP contribution in [0.2, 0.25) is 0 Å². The van der Waals surface area contributed by atoms with Crippen molar-refractivity contribution in [2.45, 2.75) is 19.1 Å². The molecule has 3 atom stereocenters. The van der Waals surface area contributed by atoms with Gasteiger partial charge in [0.05, 0.1) is 19.1 Å². The number of carbonyl (C=O) groups is 2. The van der Waals surface area contributed by atoms with Crippen molar-refractivity contribution in [3.8, 4) is 5.75 Å². The van der Waals surface area contributed by atoms with Gasteiger partial charge < -0.3 is 14.7 Å². The second-order valence-electron chi connectivity index (χ2n) is 5.85. The number of β-lactam (4-membered cyclic amide) rings is 1. The Morgan fingerprint density at radius 3 is 2.29 bits per heavy atom. The van der Waals surface area contributed by atoms with Gasteiger partial charge in [-0.2, -0.15) is 0 Å². The minimum Gasteiger partial charge on any atom is -0.497 e. The van der Waals surface area contributed by atoms with Crippen LogP contribution in [0.3, 0.4) is 0 Å². The van der Waals surface area contributed by atoms with Gasteiger partial charge in [0.1, 0.15) is 11.8 Å². The molecular formula is C19H19NO4. The molecule has 0 radical (unpaired) electrons. The second kappa shape index (κ2) is 6.45. The highest BCUT2D eigenvalue weighted by atomic mass is 16.5. The van der Waals surface area contributed by atoms with E-state index in [0.29, 0.717) is 17.0 Å². The molecule has 0 aliphatic carbocycles. The van der Waals surface area contributed by atoms with Crippen molar-refractivity contribution < 1.29 is 19.4 Å². The lowest BCUT2D eigenvalue weighted by atomic mass is 9.78. The van der Waals surface area contributed by atoms with E-state index in [0.717, 1.165) is 0 Å². The molecule has 1 aliphatic heterocycles. The summed E-state index contributed by atoms with van der Waals surface area (Å²) < 4.78 is 5.12. The van der Waals surface area contributed by atoms with Gasteiger partial charge in [0.15, 0.2) is 5.78 Å². The lowest BCUT2D eigenvalue weighted by Crippen LogP contribution is -2.67. The standard InChI is InChI=1S/C19H19NO4/c1-12(21)16-17(18(22)13-6-4-3-5-7-13)20(19(16)23)14-8-10-15(24-2)11-9-14/h3-12,16-17,21H,1-2H3/t12-,16+,17+/m0/s1. The van der Waals surface area contributed by atoms with E-state index in [2.05, 4.69) is 0 Å². The highest BCUT2D eigenvalue weighted by molar-refractivity contribution is 6.17. The topological polar surface area (TPSA) is 66.8 Å². The summed E-state index contributed by atoms with van der Waals surface area (Å²) in [7, 11) is 1.56. The molecule has 1 aliphatic rings. The number of anilines is 1. The molecule has 1 heterocycles. The molecule has 3 rings (SSSR count). The Kier molecular flexibility index (Phi) is 4.36. The van der Waals surface area contributed by atoms with Crippen molar-refractivity contribution in [3.05, 3.63) is 60.2 Å². The first kappa shape index (κ1) is 16.2. The number of Topliss-reactive ketones (excluding diaryl/α,β-unsaturated/α-hetero) is 1. The summed E-state index contributed by atoms with van der Waals surface area (Å²) in [4.78, 5) is 26.8. The molecule has 1 fully saturated rings. The molecule has 2 aromatic carbocycles. The van der Waals surface area contributed by atoms with Crippen molar-refractivity contribution in [1.29, 1.82) is 0 Å². The van der Waals surface area contributed by atoms with Crippen molar-refractivity contribution in [1.82, 2.24) is 0 Å². The van der Waals surface area contributed by atoms with E-state index >= 15 is 0 Å². The number of aliphatic hydroxyl groups is 1. The van der Waals surface area contributed by atoms with Gasteiger partial charge in [0.2, 0.25) is 5.91 Å². The fraction of sp³-hybridized carbons (Fsp3) is 0.263. The molecule has 1 N–H and O–H groups in total. The Morgan fingerprint density at radius 1 is 1.12 bits per heavy atom. The number of carbonyl (C=O) groups excluding carboxylic acids is 2. The SMILES string of the molecule is COc1ccc(N2C(=O)[C@H]([C@H](C)O)[C@@H]2C(=O)c2ccccc2)cc1. The second-order valence-corrected chi connectivity index (χ2v) is 5.85. The van der Waals surface area contributed by atoms with Gasteiger partial charge in [-0.15, -0.1) is 0 Å². The van der Waals surface area contributed by atoms with Crippen molar-refractivity contribution in [2.75, 3.05) is 12.0 Å². The molecule has 0 unspecified atom stereocenters. The lowest BCUT2D eigenvalue weighted by molar-refractivity contribution is -0.133. The Morgan fingerprint density at radius 2 is 1.75 bits per heavy atom. The monoisotopic (exact) mass is 325 g/mol. The summed E-state index contributed by atoms with van der Waals surface area (Å²) in [6.07, 6.45) is -0.885. The van der Waals surface area contributed by atoms with Crippen LogP contribution in [0.5, 0.6) is 5.75 Å². The Hall–Kier alpha value is -2.66. The molecule has 24 heavy (non-hydrogen) atoms.